The van der Waals surface area contributed by atoms with Crippen molar-refractivity contribution in [3.63, 3.8) is 0 Å². The Morgan fingerprint density at radius 1 is 1.15 bits per heavy atom. The van der Waals surface area contributed by atoms with Crippen molar-refractivity contribution in [3.05, 3.63) is 62.7 Å². The Kier molecular flexibility index (Phi) is 5.62. The second-order valence-electron chi connectivity index (χ2n) is 6.66. The molecule has 142 valence electrons. The topological polar surface area (TPSA) is 78.7 Å². The van der Waals surface area contributed by atoms with Crippen molar-refractivity contribution >= 4 is 34.6 Å². The lowest BCUT2D eigenvalue weighted by Crippen LogP contribution is -2.44. The number of aryl methyl sites for hydroxylation is 1. The summed E-state index contributed by atoms with van der Waals surface area (Å²) in [7, 11) is 2.08. The van der Waals surface area contributed by atoms with Gasteiger partial charge in [-0.3, -0.25) is 14.9 Å². The lowest BCUT2D eigenvalue weighted by atomic mass is 10.1. The van der Waals surface area contributed by atoms with Gasteiger partial charge in [0.05, 0.1) is 16.3 Å². The SMILES string of the molecule is Cc1ccc(C(=O)Nc2cc(Cl)ccc2N2CCN(C)CC2)cc1[N+](=O)[O-]. The summed E-state index contributed by atoms with van der Waals surface area (Å²) in [5.74, 6) is -0.407. The third-order valence-electron chi connectivity index (χ3n) is 4.72. The van der Waals surface area contributed by atoms with Crippen molar-refractivity contribution in [1.82, 2.24) is 4.90 Å². The highest BCUT2D eigenvalue weighted by atomic mass is 35.5. The van der Waals surface area contributed by atoms with Crippen molar-refractivity contribution in [2.24, 2.45) is 0 Å². The molecule has 0 saturated carbocycles. The summed E-state index contributed by atoms with van der Waals surface area (Å²) in [4.78, 5) is 27.8. The molecule has 1 aliphatic heterocycles. The largest absolute Gasteiger partial charge is 0.367 e. The van der Waals surface area contributed by atoms with E-state index in [0.29, 0.717) is 16.3 Å². The van der Waals surface area contributed by atoms with Gasteiger partial charge < -0.3 is 15.1 Å². The average molecular weight is 389 g/mol. The maximum atomic E-state index is 12.7. The predicted octanol–water partition coefficient (Wildman–Crippen LogP) is 3.56. The zero-order valence-electron chi connectivity index (χ0n) is 15.2. The smallest absolute Gasteiger partial charge is 0.273 e. The lowest BCUT2D eigenvalue weighted by Gasteiger charge is -2.35. The van der Waals surface area contributed by atoms with Gasteiger partial charge in [-0.2, -0.15) is 0 Å². The molecule has 7 nitrogen and oxygen atoms in total. The van der Waals surface area contributed by atoms with E-state index >= 15 is 0 Å². The number of amides is 1. The minimum absolute atomic E-state index is 0.0759. The number of halogens is 1. The molecule has 8 heteroatoms. The first kappa shape index (κ1) is 19.1. The maximum absolute atomic E-state index is 12.7. The van der Waals surface area contributed by atoms with Gasteiger partial charge in [-0.15, -0.1) is 0 Å². The van der Waals surface area contributed by atoms with Gasteiger partial charge in [0.15, 0.2) is 0 Å². The third-order valence-corrected chi connectivity index (χ3v) is 4.95. The third kappa shape index (κ3) is 4.37. The molecule has 1 fully saturated rings. The van der Waals surface area contributed by atoms with Gasteiger partial charge in [0.25, 0.3) is 11.6 Å². The maximum Gasteiger partial charge on any atom is 0.273 e. The van der Waals surface area contributed by atoms with Crippen molar-refractivity contribution in [2.45, 2.75) is 6.92 Å². The number of rotatable bonds is 4. The van der Waals surface area contributed by atoms with Crippen LogP contribution in [0.2, 0.25) is 5.02 Å². The van der Waals surface area contributed by atoms with Gasteiger partial charge in [-0.05, 0) is 38.2 Å². The molecule has 2 aromatic carbocycles. The highest BCUT2D eigenvalue weighted by molar-refractivity contribution is 6.31. The molecule has 0 aromatic heterocycles. The quantitative estimate of drug-likeness (QED) is 0.640. The molecule has 0 spiro atoms. The molecule has 1 heterocycles. The van der Waals surface area contributed by atoms with E-state index < -0.39 is 10.8 Å². The van der Waals surface area contributed by atoms with Crippen LogP contribution in [0.25, 0.3) is 0 Å². The van der Waals surface area contributed by atoms with Crippen molar-refractivity contribution in [2.75, 3.05) is 43.4 Å². The second-order valence-corrected chi connectivity index (χ2v) is 7.10. The minimum Gasteiger partial charge on any atom is -0.367 e. The van der Waals surface area contributed by atoms with Crippen LogP contribution in [-0.4, -0.2) is 49.0 Å². The molecule has 0 unspecified atom stereocenters. The van der Waals surface area contributed by atoms with Crippen LogP contribution in [-0.2, 0) is 0 Å². The normalized spacial score (nSPS) is 14.9. The molecule has 1 aliphatic rings. The second kappa shape index (κ2) is 7.94. The van der Waals surface area contributed by atoms with Crippen molar-refractivity contribution in [1.29, 1.82) is 0 Å². The summed E-state index contributed by atoms with van der Waals surface area (Å²) in [6.07, 6.45) is 0. The number of nitrogens with zero attached hydrogens (tertiary/aromatic N) is 3. The van der Waals surface area contributed by atoms with Crippen LogP contribution in [0, 0.1) is 17.0 Å². The fraction of sp³-hybridized carbons (Fsp3) is 0.316. The van der Waals surface area contributed by atoms with Crippen LogP contribution in [0.3, 0.4) is 0 Å². The standard InChI is InChI=1S/C19H21ClN4O3/c1-13-3-4-14(11-18(13)24(26)27)19(25)21-16-12-15(20)5-6-17(16)23-9-7-22(2)8-10-23/h3-6,11-12H,7-10H2,1-2H3,(H,21,25). The molecule has 27 heavy (non-hydrogen) atoms. The van der Waals surface area contributed by atoms with Gasteiger partial charge >= 0.3 is 0 Å². The summed E-state index contributed by atoms with van der Waals surface area (Å²) in [5.41, 5.74) is 2.16. The fourth-order valence-electron chi connectivity index (χ4n) is 3.07. The van der Waals surface area contributed by atoms with Gasteiger partial charge in [-0.25, -0.2) is 0 Å². The molecule has 0 atom stereocenters. The van der Waals surface area contributed by atoms with Crippen LogP contribution in [0.15, 0.2) is 36.4 Å². The van der Waals surface area contributed by atoms with Gasteiger partial charge in [-0.1, -0.05) is 17.7 Å². The number of hydrogen-bond donors (Lipinski definition) is 1. The van der Waals surface area contributed by atoms with Crippen molar-refractivity contribution in [3.8, 4) is 0 Å². The van der Waals surface area contributed by atoms with E-state index in [2.05, 4.69) is 22.2 Å². The van der Waals surface area contributed by atoms with Crippen molar-refractivity contribution < 1.29 is 9.72 Å². The summed E-state index contributed by atoms with van der Waals surface area (Å²) in [6, 6.07) is 9.84. The van der Waals surface area contributed by atoms with Gasteiger partial charge in [0, 0.05) is 48.4 Å². The molecule has 3 rings (SSSR count). The van der Waals surface area contributed by atoms with E-state index in [1.54, 1.807) is 31.2 Å². The number of anilines is 2. The lowest BCUT2D eigenvalue weighted by molar-refractivity contribution is -0.385. The Labute approximate surface area is 162 Å². The van der Waals surface area contributed by atoms with Gasteiger partial charge in [0.1, 0.15) is 0 Å². The van der Waals surface area contributed by atoms with E-state index in [0.717, 1.165) is 31.9 Å². The molecule has 1 N–H and O–H groups in total. The van der Waals surface area contributed by atoms with E-state index in [9.17, 15) is 14.9 Å². The summed E-state index contributed by atoms with van der Waals surface area (Å²) < 4.78 is 0. The first-order valence-electron chi connectivity index (χ1n) is 8.64. The van der Waals surface area contributed by atoms with Crippen LogP contribution in [0.5, 0.6) is 0 Å². The number of hydrogen-bond acceptors (Lipinski definition) is 5. The van der Waals surface area contributed by atoms with E-state index in [4.69, 9.17) is 11.6 Å². The number of carbonyl (C=O) groups excluding carboxylic acids is 1. The summed E-state index contributed by atoms with van der Waals surface area (Å²) in [6.45, 7) is 5.19. The highest BCUT2D eigenvalue weighted by Crippen LogP contribution is 2.31. The monoisotopic (exact) mass is 388 g/mol. The highest BCUT2D eigenvalue weighted by Gasteiger charge is 2.20. The number of carbonyl (C=O) groups is 1. The Morgan fingerprint density at radius 3 is 2.52 bits per heavy atom. The zero-order valence-corrected chi connectivity index (χ0v) is 16.0. The van der Waals surface area contributed by atoms with E-state index in [1.165, 1.54) is 6.07 Å². The van der Waals surface area contributed by atoms with Crippen LogP contribution in [0.4, 0.5) is 17.1 Å². The van der Waals surface area contributed by atoms with E-state index in [-0.39, 0.29) is 11.3 Å². The number of likely N-dealkylation sites (N-methyl/N-ethyl adjacent to an activating group) is 1. The molecule has 1 amide bonds. The molecule has 0 aliphatic carbocycles. The molecule has 1 saturated heterocycles. The number of nitrogens with one attached hydrogen (secondary N) is 1. The molecule has 0 radical (unpaired) electrons. The fourth-order valence-corrected chi connectivity index (χ4v) is 3.25. The number of nitro benzene ring substituents is 1. The number of benzene rings is 2. The number of piperazine rings is 1. The molecule has 2 aromatic rings. The van der Waals surface area contributed by atoms with E-state index in [1.807, 2.05) is 6.07 Å². The Hall–Kier alpha value is -2.64. The van der Waals surface area contributed by atoms with Crippen LogP contribution in [0.1, 0.15) is 15.9 Å². The molecule has 0 bridgehead atoms. The van der Waals surface area contributed by atoms with Crippen LogP contribution < -0.4 is 10.2 Å². The average Bonchev–Trinajstić information content (AvgIpc) is 2.63. The summed E-state index contributed by atoms with van der Waals surface area (Å²) >= 11 is 6.13. The zero-order chi connectivity index (χ0) is 19.6. The molecular formula is C19H21ClN4O3. The van der Waals surface area contributed by atoms with Crippen LogP contribution >= 0.6 is 11.6 Å². The first-order chi connectivity index (χ1) is 12.8. The Morgan fingerprint density at radius 2 is 1.85 bits per heavy atom. The predicted molar refractivity (Wildman–Crippen MR) is 107 cm³/mol. The first-order valence-corrected chi connectivity index (χ1v) is 9.02. The molecular weight excluding hydrogens is 368 g/mol. The Balaban J connectivity index is 1.87. The number of nitro groups is 1. The summed E-state index contributed by atoms with van der Waals surface area (Å²) in [5, 5.41) is 14.5. The minimum atomic E-state index is -0.485. The van der Waals surface area contributed by atoms with Gasteiger partial charge in [0.2, 0.25) is 0 Å². The Bertz CT molecular complexity index is 879.